The minimum Gasteiger partial charge on any atom is -0.327 e. The van der Waals surface area contributed by atoms with Crippen molar-refractivity contribution in [2.75, 3.05) is 4.72 Å². The van der Waals surface area contributed by atoms with Crippen LogP contribution in [-0.2, 0) is 22.0 Å². The maximum Gasteiger partial charge on any atom is 0.271 e. The first-order valence-corrected chi connectivity index (χ1v) is 12.7. The summed E-state index contributed by atoms with van der Waals surface area (Å²) in [6.45, 7) is 7.55. The minimum atomic E-state index is -3.56. The number of aromatic nitrogens is 2. The number of rotatable bonds is 5. The molecule has 1 N–H and O–H groups in total. The average Bonchev–Trinajstić information content (AvgIpc) is 3.31. The van der Waals surface area contributed by atoms with Crippen LogP contribution in [0, 0.1) is 5.92 Å². The molecule has 0 bridgehead atoms. The molecule has 2 heterocycles. The Morgan fingerprint density at radius 3 is 2.59 bits per heavy atom. The van der Waals surface area contributed by atoms with Gasteiger partial charge in [-0.25, -0.2) is 13.4 Å². The van der Waals surface area contributed by atoms with Gasteiger partial charge in [-0.15, -0.1) is 11.3 Å². The molecule has 0 unspecified atom stereocenters. The predicted octanol–water partition coefficient (Wildman–Crippen LogP) is 5.78. The molecule has 7 heteroatoms. The van der Waals surface area contributed by atoms with Gasteiger partial charge in [-0.2, -0.15) is 0 Å². The standard InChI is InChI=1S/C22H29N3O2S2/c1-22(2,3)21-23-18-14-17(24-29(26,27)20-10-7-13-28-20)11-12-19(18)25(21)15-16-8-5-4-6-9-16/h7,10-14,16,24H,4-6,8-9,15H2,1-3H3. The monoisotopic (exact) mass is 431 g/mol. The van der Waals surface area contributed by atoms with Gasteiger partial charge in [0.15, 0.2) is 0 Å². The van der Waals surface area contributed by atoms with Crippen molar-refractivity contribution in [3.63, 3.8) is 0 Å². The molecule has 1 fully saturated rings. The maximum atomic E-state index is 12.6. The number of fused-ring (bicyclic) bond motifs is 1. The van der Waals surface area contributed by atoms with Crippen LogP contribution in [0.4, 0.5) is 5.69 Å². The second-order valence-electron chi connectivity index (χ2n) is 9.04. The van der Waals surface area contributed by atoms with Gasteiger partial charge in [-0.1, -0.05) is 46.1 Å². The molecule has 0 saturated heterocycles. The highest BCUT2D eigenvalue weighted by Crippen LogP contribution is 2.32. The van der Waals surface area contributed by atoms with Crippen molar-refractivity contribution < 1.29 is 8.42 Å². The lowest BCUT2D eigenvalue weighted by atomic mass is 9.88. The zero-order chi connectivity index (χ0) is 20.6. The van der Waals surface area contributed by atoms with Crippen LogP contribution in [0.3, 0.4) is 0 Å². The molecule has 4 rings (SSSR count). The lowest BCUT2D eigenvalue weighted by Gasteiger charge is -2.26. The molecule has 0 atom stereocenters. The van der Waals surface area contributed by atoms with E-state index in [4.69, 9.17) is 4.98 Å². The number of benzene rings is 1. The largest absolute Gasteiger partial charge is 0.327 e. The molecule has 0 aliphatic heterocycles. The lowest BCUT2D eigenvalue weighted by Crippen LogP contribution is -2.22. The first kappa shape index (κ1) is 20.4. The number of hydrogen-bond donors (Lipinski definition) is 1. The van der Waals surface area contributed by atoms with E-state index in [1.54, 1.807) is 17.5 Å². The molecule has 0 spiro atoms. The van der Waals surface area contributed by atoms with Gasteiger partial charge >= 0.3 is 0 Å². The molecule has 0 radical (unpaired) electrons. The van der Waals surface area contributed by atoms with Crippen molar-refractivity contribution in [2.24, 2.45) is 5.92 Å². The summed E-state index contributed by atoms with van der Waals surface area (Å²) < 4.78 is 30.5. The highest BCUT2D eigenvalue weighted by Gasteiger charge is 2.25. The highest BCUT2D eigenvalue weighted by atomic mass is 32.2. The number of thiophene rings is 1. The zero-order valence-electron chi connectivity index (χ0n) is 17.3. The van der Waals surface area contributed by atoms with Crippen molar-refractivity contribution in [2.45, 2.75) is 69.0 Å². The summed E-state index contributed by atoms with van der Waals surface area (Å²) in [6, 6.07) is 9.06. The van der Waals surface area contributed by atoms with E-state index in [1.165, 1.54) is 43.4 Å². The van der Waals surface area contributed by atoms with Gasteiger partial charge in [0.25, 0.3) is 10.0 Å². The van der Waals surface area contributed by atoms with E-state index in [0.29, 0.717) is 15.8 Å². The smallest absolute Gasteiger partial charge is 0.271 e. The number of sulfonamides is 1. The molecule has 1 aromatic carbocycles. The third kappa shape index (κ3) is 4.36. The average molecular weight is 432 g/mol. The zero-order valence-corrected chi connectivity index (χ0v) is 18.9. The quantitative estimate of drug-likeness (QED) is 0.557. The normalized spacial score (nSPS) is 16.4. The van der Waals surface area contributed by atoms with Crippen LogP contribution in [-0.4, -0.2) is 18.0 Å². The summed E-state index contributed by atoms with van der Waals surface area (Å²) in [7, 11) is -3.56. The van der Waals surface area contributed by atoms with Gasteiger partial charge in [0.1, 0.15) is 10.0 Å². The fourth-order valence-corrected chi connectivity index (χ4v) is 6.24. The van der Waals surface area contributed by atoms with Crippen LogP contribution in [0.2, 0.25) is 0 Å². The van der Waals surface area contributed by atoms with E-state index in [-0.39, 0.29) is 5.41 Å². The van der Waals surface area contributed by atoms with E-state index in [1.807, 2.05) is 18.2 Å². The van der Waals surface area contributed by atoms with Crippen molar-refractivity contribution in [3.8, 4) is 0 Å². The third-order valence-electron chi connectivity index (χ3n) is 5.60. The predicted molar refractivity (Wildman–Crippen MR) is 120 cm³/mol. The van der Waals surface area contributed by atoms with Gasteiger partial charge in [-0.05, 0) is 48.4 Å². The SMILES string of the molecule is CC(C)(C)c1nc2cc(NS(=O)(=O)c3cccs3)ccc2n1CC1CCCCC1. The minimum absolute atomic E-state index is 0.0790. The molecule has 3 aromatic rings. The van der Waals surface area contributed by atoms with E-state index < -0.39 is 10.0 Å². The molecular weight excluding hydrogens is 402 g/mol. The number of nitrogens with zero attached hydrogens (tertiary/aromatic N) is 2. The van der Waals surface area contributed by atoms with E-state index >= 15 is 0 Å². The van der Waals surface area contributed by atoms with Crippen molar-refractivity contribution in [1.29, 1.82) is 0 Å². The molecular formula is C22H29N3O2S2. The van der Waals surface area contributed by atoms with Gasteiger partial charge in [0.2, 0.25) is 0 Å². The molecule has 1 aliphatic rings. The summed E-state index contributed by atoms with van der Waals surface area (Å²) in [5.74, 6) is 1.76. The van der Waals surface area contributed by atoms with Crippen LogP contribution in [0.5, 0.6) is 0 Å². The van der Waals surface area contributed by atoms with Crippen LogP contribution in [0.1, 0.15) is 58.7 Å². The summed E-state index contributed by atoms with van der Waals surface area (Å²) in [5.41, 5.74) is 2.40. The number of imidazole rings is 1. The van der Waals surface area contributed by atoms with Gasteiger partial charge in [-0.3, -0.25) is 4.72 Å². The van der Waals surface area contributed by atoms with E-state index in [0.717, 1.165) is 23.4 Å². The molecule has 0 amide bonds. The molecule has 1 aliphatic carbocycles. The van der Waals surface area contributed by atoms with Gasteiger partial charge in [0, 0.05) is 12.0 Å². The van der Waals surface area contributed by atoms with Gasteiger partial charge in [0.05, 0.1) is 16.7 Å². The van der Waals surface area contributed by atoms with Gasteiger partial charge < -0.3 is 4.57 Å². The van der Waals surface area contributed by atoms with Crippen LogP contribution >= 0.6 is 11.3 Å². The number of hydrogen-bond acceptors (Lipinski definition) is 4. The Morgan fingerprint density at radius 1 is 1.17 bits per heavy atom. The Labute approximate surface area is 177 Å². The molecule has 5 nitrogen and oxygen atoms in total. The highest BCUT2D eigenvalue weighted by molar-refractivity contribution is 7.94. The summed E-state index contributed by atoms with van der Waals surface area (Å²) in [6.07, 6.45) is 6.54. The fourth-order valence-electron chi connectivity index (χ4n) is 4.20. The molecule has 1 saturated carbocycles. The Balaban J connectivity index is 1.70. The Hall–Kier alpha value is -1.86. The van der Waals surface area contributed by atoms with E-state index in [9.17, 15) is 8.42 Å². The van der Waals surface area contributed by atoms with Crippen molar-refractivity contribution in [3.05, 3.63) is 41.5 Å². The van der Waals surface area contributed by atoms with Crippen LogP contribution in [0.25, 0.3) is 11.0 Å². The molecule has 2 aromatic heterocycles. The Morgan fingerprint density at radius 2 is 1.93 bits per heavy atom. The Bertz CT molecular complexity index is 1090. The molecule has 156 valence electrons. The topological polar surface area (TPSA) is 64.0 Å². The first-order valence-electron chi connectivity index (χ1n) is 10.3. The number of nitrogens with one attached hydrogen (secondary N) is 1. The second kappa shape index (κ2) is 7.76. The third-order valence-corrected chi connectivity index (χ3v) is 8.38. The Kier molecular flexibility index (Phi) is 5.46. The summed E-state index contributed by atoms with van der Waals surface area (Å²) >= 11 is 1.21. The molecule has 29 heavy (non-hydrogen) atoms. The maximum absolute atomic E-state index is 12.6. The lowest BCUT2D eigenvalue weighted by molar-refractivity contribution is 0.313. The van der Waals surface area contributed by atoms with Crippen LogP contribution < -0.4 is 4.72 Å². The summed E-state index contributed by atoms with van der Waals surface area (Å²) in [5, 5.41) is 1.76. The summed E-state index contributed by atoms with van der Waals surface area (Å²) in [4.78, 5) is 4.93. The second-order valence-corrected chi connectivity index (χ2v) is 11.9. The fraction of sp³-hybridized carbons (Fsp3) is 0.500. The number of anilines is 1. The van der Waals surface area contributed by atoms with Crippen molar-refractivity contribution >= 4 is 38.1 Å². The van der Waals surface area contributed by atoms with E-state index in [2.05, 4.69) is 30.1 Å². The van der Waals surface area contributed by atoms with Crippen LogP contribution in [0.15, 0.2) is 39.9 Å². The van der Waals surface area contributed by atoms with Crippen molar-refractivity contribution in [1.82, 2.24) is 9.55 Å². The first-order chi connectivity index (χ1) is 13.7.